The number of carbonyl (C=O) groups excluding carboxylic acids is 5. The van der Waals surface area contributed by atoms with Crippen molar-refractivity contribution in [1.29, 1.82) is 0 Å². The molecule has 0 aromatic heterocycles. The number of benzene rings is 2. The summed E-state index contributed by atoms with van der Waals surface area (Å²) in [4.78, 5) is 97.0. The van der Waals surface area contributed by atoms with E-state index in [9.17, 15) is 43.5 Å². The van der Waals surface area contributed by atoms with Crippen LogP contribution in [0.3, 0.4) is 0 Å². The molecule has 1 heterocycles. The number of fused-ring (bicyclic) bond motifs is 2. The van der Waals surface area contributed by atoms with E-state index in [-0.39, 0.29) is 109 Å². The van der Waals surface area contributed by atoms with Gasteiger partial charge in [-0.15, -0.1) is 0 Å². The average Bonchev–Trinajstić information content (AvgIpc) is 3.23. The van der Waals surface area contributed by atoms with E-state index in [1.54, 1.807) is 4.90 Å². The van der Waals surface area contributed by atoms with E-state index in [2.05, 4.69) is 38.4 Å². The van der Waals surface area contributed by atoms with E-state index in [4.69, 9.17) is 24.4 Å². The van der Waals surface area contributed by atoms with E-state index in [0.29, 0.717) is 25.1 Å². The van der Waals surface area contributed by atoms with Gasteiger partial charge in [-0.05, 0) is 49.4 Å². The summed E-state index contributed by atoms with van der Waals surface area (Å²) >= 11 is 0. The Labute approximate surface area is 358 Å². The molecule has 0 aliphatic carbocycles. The molecule has 6 amide bonds. The van der Waals surface area contributed by atoms with E-state index in [1.165, 1.54) is 0 Å². The van der Waals surface area contributed by atoms with Crippen molar-refractivity contribution in [2.75, 3.05) is 64.2 Å². The molecule has 336 valence electrons. The number of carboxylic acid groups (broad SMARTS) is 3. The highest BCUT2D eigenvalue weighted by molar-refractivity contribution is 5.95. The number of carbonyl (C=O) groups is 8. The summed E-state index contributed by atoms with van der Waals surface area (Å²) in [5, 5.41) is 39.5. The summed E-state index contributed by atoms with van der Waals surface area (Å²) in [6.07, 6.45) is -0.187. The zero-order valence-electron chi connectivity index (χ0n) is 34.3. The Morgan fingerprint density at radius 2 is 1.16 bits per heavy atom. The Kier molecular flexibility index (Phi) is 22.5. The van der Waals surface area contributed by atoms with Crippen LogP contribution in [0, 0.1) is 11.8 Å². The van der Waals surface area contributed by atoms with Gasteiger partial charge in [0.05, 0.1) is 45.3 Å². The number of rotatable bonds is 29. The fourth-order valence-corrected chi connectivity index (χ4v) is 5.82. The fraction of sp³-hybridized carbons (Fsp3) is 0.476. The van der Waals surface area contributed by atoms with Crippen LogP contribution in [0.4, 0.5) is 10.5 Å². The van der Waals surface area contributed by atoms with Gasteiger partial charge in [-0.3, -0.25) is 24.0 Å². The van der Waals surface area contributed by atoms with Gasteiger partial charge < -0.3 is 61.0 Å². The van der Waals surface area contributed by atoms with Crippen molar-refractivity contribution < 1.29 is 67.9 Å². The molecule has 1 aliphatic rings. The van der Waals surface area contributed by atoms with Gasteiger partial charge in [0.2, 0.25) is 23.6 Å². The molecule has 1 aliphatic heterocycles. The molecule has 2 aromatic rings. The number of ether oxygens (including phenoxy) is 3. The zero-order valence-corrected chi connectivity index (χ0v) is 34.3. The lowest BCUT2D eigenvalue weighted by molar-refractivity contribution is -0.141. The van der Waals surface area contributed by atoms with E-state index >= 15 is 0 Å². The number of aliphatic carboxylic acids is 3. The number of para-hydroxylation sites is 1. The molecule has 0 radical (unpaired) electrons. The van der Waals surface area contributed by atoms with Crippen LogP contribution in [0.25, 0.3) is 0 Å². The number of amides is 6. The number of urea groups is 1. The van der Waals surface area contributed by atoms with Gasteiger partial charge in [0, 0.05) is 56.4 Å². The third kappa shape index (κ3) is 19.7. The smallest absolute Gasteiger partial charge is 0.326 e. The lowest BCUT2D eigenvalue weighted by Gasteiger charge is -2.26. The number of anilines is 1. The molecular weight excluding hydrogens is 812 g/mol. The second-order valence-electron chi connectivity index (χ2n) is 13.8. The molecule has 2 aromatic carbocycles. The Balaban J connectivity index is 1.14. The largest absolute Gasteiger partial charge is 0.481 e. The van der Waals surface area contributed by atoms with Gasteiger partial charge in [0.25, 0.3) is 0 Å². The quantitative estimate of drug-likeness (QED) is 0.0414. The van der Waals surface area contributed by atoms with Crippen LogP contribution >= 0.6 is 0 Å². The van der Waals surface area contributed by atoms with Crippen molar-refractivity contribution in [2.24, 2.45) is 0 Å². The Morgan fingerprint density at radius 3 is 1.84 bits per heavy atom. The summed E-state index contributed by atoms with van der Waals surface area (Å²) in [6, 6.07) is 11.2. The third-order valence-electron chi connectivity index (χ3n) is 9.05. The first-order valence-electron chi connectivity index (χ1n) is 20.1. The van der Waals surface area contributed by atoms with Crippen LogP contribution in [-0.4, -0.2) is 134 Å². The standard InChI is InChI=1S/C42H54N6O14/c49-35(44-20-18-38(52)48-27-31-9-2-1-7-29(31)12-13-30-8-3-4-11-34(30)48)15-16-36(50)45-21-22-60-23-24-61-25-26-62-28-37(51)43-19-6-5-10-32(40(55)56)46-42(59)47-33(41(57)58)14-17-39(53)54/h1-4,7-9,11,32-33H,5-6,10,14-28H2,(H,43,51)(H,44,49)(H,45,50)(H,53,54)(H,55,56)(H,57,58)(H2,46,47,59). The van der Waals surface area contributed by atoms with Gasteiger partial charge in [-0.25, -0.2) is 14.4 Å². The first-order valence-corrected chi connectivity index (χ1v) is 20.1. The van der Waals surface area contributed by atoms with Crippen molar-refractivity contribution in [3.8, 4) is 11.8 Å². The Hall–Kier alpha value is -6.56. The minimum Gasteiger partial charge on any atom is -0.481 e. The van der Waals surface area contributed by atoms with Crippen LogP contribution in [-0.2, 0) is 54.3 Å². The van der Waals surface area contributed by atoms with Crippen molar-refractivity contribution in [3.63, 3.8) is 0 Å². The molecule has 20 heteroatoms. The Morgan fingerprint density at radius 1 is 0.597 bits per heavy atom. The van der Waals surface area contributed by atoms with Gasteiger partial charge in [0.15, 0.2) is 0 Å². The van der Waals surface area contributed by atoms with E-state index in [1.807, 2.05) is 48.5 Å². The van der Waals surface area contributed by atoms with Gasteiger partial charge in [0.1, 0.15) is 18.7 Å². The molecular formula is C42H54N6O14. The number of nitrogens with one attached hydrogen (secondary N) is 5. The Bertz CT molecular complexity index is 1910. The van der Waals surface area contributed by atoms with Gasteiger partial charge in [-0.1, -0.05) is 42.2 Å². The van der Waals surface area contributed by atoms with E-state index in [0.717, 1.165) is 16.7 Å². The molecule has 0 fully saturated rings. The number of hydrogen-bond acceptors (Lipinski definition) is 11. The lowest BCUT2D eigenvalue weighted by Crippen LogP contribution is -2.51. The molecule has 0 spiro atoms. The molecule has 0 saturated heterocycles. The van der Waals surface area contributed by atoms with Crippen LogP contribution < -0.4 is 31.5 Å². The summed E-state index contributed by atoms with van der Waals surface area (Å²) in [5.74, 6) is 1.07. The van der Waals surface area contributed by atoms with Crippen molar-refractivity contribution in [1.82, 2.24) is 26.6 Å². The lowest BCUT2D eigenvalue weighted by atomic mass is 10.0. The first kappa shape index (κ1) is 49.8. The SMILES string of the molecule is O=C(O)CCC(NC(=O)NC(CCCCNC(=O)COCCOCCOCCNC(=O)CCC(=O)NCCC(=O)N1Cc2ccccc2C#Cc2ccccc21)C(=O)O)C(=O)O. The number of unbranched alkanes of at least 4 members (excludes halogenated alkanes) is 1. The highest BCUT2D eigenvalue weighted by atomic mass is 16.5. The third-order valence-corrected chi connectivity index (χ3v) is 9.05. The van der Waals surface area contributed by atoms with Gasteiger partial charge in [-0.2, -0.15) is 0 Å². The average molecular weight is 867 g/mol. The second-order valence-corrected chi connectivity index (χ2v) is 13.8. The summed E-state index contributed by atoms with van der Waals surface area (Å²) in [7, 11) is 0. The molecule has 0 bridgehead atoms. The highest BCUT2D eigenvalue weighted by Crippen LogP contribution is 2.25. The fourth-order valence-electron chi connectivity index (χ4n) is 5.82. The summed E-state index contributed by atoms with van der Waals surface area (Å²) in [5.41, 5.74) is 3.24. The van der Waals surface area contributed by atoms with Crippen LogP contribution in [0.5, 0.6) is 0 Å². The van der Waals surface area contributed by atoms with Crippen LogP contribution in [0.15, 0.2) is 48.5 Å². The molecule has 62 heavy (non-hydrogen) atoms. The van der Waals surface area contributed by atoms with Crippen molar-refractivity contribution in [3.05, 3.63) is 65.2 Å². The predicted molar refractivity (Wildman–Crippen MR) is 221 cm³/mol. The van der Waals surface area contributed by atoms with Gasteiger partial charge >= 0.3 is 23.9 Å². The summed E-state index contributed by atoms with van der Waals surface area (Å²) in [6.45, 7) is 1.75. The summed E-state index contributed by atoms with van der Waals surface area (Å²) < 4.78 is 16.1. The molecule has 8 N–H and O–H groups in total. The highest BCUT2D eigenvalue weighted by Gasteiger charge is 2.25. The second kappa shape index (κ2) is 28.1. The topological polar surface area (TPSA) is 288 Å². The van der Waals surface area contributed by atoms with E-state index < -0.39 is 48.4 Å². The molecule has 0 saturated carbocycles. The zero-order chi connectivity index (χ0) is 45.1. The number of hydrogen-bond donors (Lipinski definition) is 8. The van der Waals surface area contributed by atoms with Crippen molar-refractivity contribution >= 4 is 53.3 Å². The molecule has 20 nitrogen and oxygen atoms in total. The van der Waals surface area contributed by atoms with Crippen LogP contribution in [0.1, 0.15) is 68.1 Å². The maximum atomic E-state index is 13.3. The maximum absolute atomic E-state index is 13.3. The minimum absolute atomic E-state index is 0.00524. The normalized spacial score (nSPS) is 12.4. The number of carboxylic acids is 3. The first-order chi connectivity index (χ1) is 29.8. The van der Waals surface area contributed by atoms with Crippen LogP contribution in [0.2, 0.25) is 0 Å². The van der Waals surface area contributed by atoms with Crippen molar-refractivity contribution in [2.45, 2.75) is 70.0 Å². The molecule has 2 unspecified atom stereocenters. The number of nitrogens with zero attached hydrogens (tertiary/aromatic N) is 1. The maximum Gasteiger partial charge on any atom is 0.326 e. The predicted octanol–water partition coefficient (Wildman–Crippen LogP) is 0.742. The molecule has 2 atom stereocenters. The monoisotopic (exact) mass is 866 g/mol. The minimum atomic E-state index is -1.51. The molecule has 3 rings (SSSR count).